The van der Waals surface area contributed by atoms with Gasteiger partial charge in [-0.25, -0.2) is 4.79 Å². The molecule has 2 rings (SSSR count). The van der Waals surface area contributed by atoms with Crippen LogP contribution in [0.4, 0.5) is 10.5 Å². The van der Waals surface area contributed by atoms with Crippen molar-refractivity contribution >= 4 is 11.8 Å². The van der Waals surface area contributed by atoms with Crippen molar-refractivity contribution in [1.82, 2.24) is 4.90 Å². The number of nitrogens with two attached hydrogens (primary N) is 1. The molecule has 1 aromatic carbocycles. The Balaban J connectivity index is 2.16. The van der Waals surface area contributed by atoms with Crippen molar-refractivity contribution in [2.24, 2.45) is 0 Å². The van der Waals surface area contributed by atoms with Crippen LogP contribution in [-0.2, 0) is 17.7 Å². The summed E-state index contributed by atoms with van der Waals surface area (Å²) < 4.78 is 10.6. The second-order valence-electron chi connectivity index (χ2n) is 6.01. The van der Waals surface area contributed by atoms with Gasteiger partial charge in [0, 0.05) is 13.1 Å². The van der Waals surface area contributed by atoms with Crippen LogP contribution in [0.15, 0.2) is 12.1 Å². The summed E-state index contributed by atoms with van der Waals surface area (Å²) in [6.45, 7) is 6.78. The quantitative estimate of drug-likeness (QED) is 0.802. The van der Waals surface area contributed by atoms with Crippen LogP contribution in [0.1, 0.15) is 31.9 Å². The van der Waals surface area contributed by atoms with Gasteiger partial charge in [0.2, 0.25) is 0 Å². The smallest absolute Gasteiger partial charge is 0.410 e. The van der Waals surface area contributed by atoms with E-state index in [0.29, 0.717) is 24.5 Å². The van der Waals surface area contributed by atoms with Crippen molar-refractivity contribution in [2.45, 2.75) is 39.3 Å². The molecular formula is C15H22N2O3. The molecule has 0 bridgehead atoms. The number of rotatable bonds is 1. The molecule has 20 heavy (non-hydrogen) atoms. The van der Waals surface area contributed by atoms with Gasteiger partial charge in [0.05, 0.1) is 12.8 Å². The largest absolute Gasteiger partial charge is 0.495 e. The number of hydrogen-bond donors (Lipinski definition) is 1. The zero-order chi connectivity index (χ0) is 14.9. The third-order valence-corrected chi connectivity index (χ3v) is 3.22. The number of amides is 1. The standard InChI is InChI=1S/C15H22N2O3/c1-15(2,3)20-14(18)17-6-5-10-7-12(16)13(19-4)8-11(10)9-17/h7-8H,5-6,9,16H2,1-4H3. The van der Waals surface area contributed by atoms with Crippen LogP contribution in [-0.4, -0.2) is 30.2 Å². The summed E-state index contributed by atoms with van der Waals surface area (Å²) in [5.41, 5.74) is 8.30. The van der Waals surface area contributed by atoms with E-state index in [2.05, 4.69) is 0 Å². The first-order chi connectivity index (χ1) is 9.30. The molecule has 1 aromatic rings. The highest BCUT2D eigenvalue weighted by Crippen LogP contribution is 2.30. The molecule has 5 nitrogen and oxygen atoms in total. The molecule has 5 heteroatoms. The van der Waals surface area contributed by atoms with E-state index in [1.54, 1.807) is 12.0 Å². The Morgan fingerprint density at radius 3 is 2.60 bits per heavy atom. The van der Waals surface area contributed by atoms with E-state index in [-0.39, 0.29) is 6.09 Å². The summed E-state index contributed by atoms with van der Waals surface area (Å²) in [6.07, 6.45) is 0.502. The molecule has 0 aromatic heterocycles. The van der Waals surface area contributed by atoms with Crippen LogP contribution in [0.3, 0.4) is 0 Å². The number of methoxy groups -OCH3 is 1. The fourth-order valence-corrected chi connectivity index (χ4v) is 2.26. The van der Waals surface area contributed by atoms with E-state index in [9.17, 15) is 4.79 Å². The van der Waals surface area contributed by atoms with E-state index in [0.717, 1.165) is 12.0 Å². The number of nitrogen functional groups attached to an aromatic ring is 1. The minimum atomic E-state index is -0.476. The van der Waals surface area contributed by atoms with E-state index in [1.807, 2.05) is 32.9 Å². The average molecular weight is 278 g/mol. The third kappa shape index (κ3) is 3.15. The van der Waals surface area contributed by atoms with Crippen LogP contribution in [0, 0.1) is 0 Å². The summed E-state index contributed by atoms with van der Waals surface area (Å²) in [6, 6.07) is 3.84. The molecule has 2 N–H and O–H groups in total. The summed E-state index contributed by atoms with van der Waals surface area (Å²) in [5.74, 6) is 0.648. The Hall–Kier alpha value is -1.91. The first-order valence-corrected chi connectivity index (χ1v) is 6.73. The van der Waals surface area contributed by atoms with Crippen molar-refractivity contribution in [1.29, 1.82) is 0 Å². The van der Waals surface area contributed by atoms with Gasteiger partial charge in [-0.3, -0.25) is 0 Å². The number of benzene rings is 1. The number of ether oxygens (including phenoxy) is 2. The molecule has 0 saturated carbocycles. The highest BCUT2D eigenvalue weighted by Gasteiger charge is 2.26. The summed E-state index contributed by atoms with van der Waals surface area (Å²) in [7, 11) is 1.59. The van der Waals surface area contributed by atoms with Crippen LogP contribution in [0.25, 0.3) is 0 Å². The van der Waals surface area contributed by atoms with Crippen molar-refractivity contribution in [3.63, 3.8) is 0 Å². The van der Waals surface area contributed by atoms with Gasteiger partial charge in [-0.2, -0.15) is 0 Å². The highest BCUT2D eigenvalue weighted by atomic mass is 16.6. The van der Waals surface area contributed by atoms with Crippen LogP contribution < -0.4 is 10.5 Å². The molecule has 0 fully saturated rings. The first kappa shape index (κ1) is 14.5. The fraction of sp³-hybridized carbons (Fsp3) is 0.533. The number of anilines is 1. The predicted octanol–water partition coefficient (Wildman–Crippen LogP) is 2.57. The lowest BCUT2D eigenvalue weighted by atomic mass is 9.99. The molecule has 1 amide bonds. The zero-order valence-electron chi connectivity index (χ0n) is 12.5. The normalized spacial score (nSPS) is 14.7. The monoisotopic (exact) mass is 278 g/mol. The molecular weight excluding hydrogens is 256 g/mol. The van der Waals surface area contributed by atoms with Crippen LogP contribution in [0.2, 0.25) is 0 Å². The first-order valence-electron chi connectivity index (χ1n) is 6.73. The molecule has 0 atom stereocenters. The Morgan fingerprint density at radius 2 is 2.00 bits per heavy atom. The SMILES string of the molecule is COc1cc2c(cc1N)CCN(C(=O)OC(C)(C)C)C2. The second-order valence-corrected chi connectivity index (χ2v) is 6.01. The van der Waals surface area contributed by atoms with Crippen molar-refractivity contribution in [3.8, 4) is 5.75 Å². The number of fused-ring (bicyclic) bond motifs is 1. The third-order valence-electron chi connectivity index (χ3n) is 3.22. The van der Waals surface area contributed by atoms with Gasteiger partial charge in [0.25, 0.3) is 0 Å². The van der Waals surface area contributed by atoms with E-state index >= 15 is 0 Å². The Labute approximate surface area is 119 Å². The predicted molar refractivity (Wildman–Crippen MR) is 77.8 cm³/mol. The molecule has 1 aliphatic rings. The van der Waals surface area contributed by atoms with E-state index in [4.69, 9.17) is 15.2 Å². The van der Waals surface area contributed by atoms with Crippen molar-refractivity contribution in [3.05, 3.63) is 23.3 Å². The van der Waals surface area contributed by atoms with Gasteiger partial charge in [-0.1, -0.05) is 0 Å². The number of carbonyl (C=O) groups is 1. The molecule has 0 saturated heterocycles. The summed E-state index contributed by atoms with van der Waals surface area (Å²) >= 11 is 0. The summed E-state index contributed by atoms with van der Waals surface area (Å²) in [4.78, 5) is 13.8. The Bertz CT molecular complexity index is 521. The molecule has 1 aliphatic heterocycles. The molecule has 0 radical (unpaired) electrons. The maximum absolute atomic E-state index is 12.1. The van der Waals surface area contributed by atoms with Crippen LogP contribution >= 0.6 is 0 Å². The maximum atomic E-state index is 12.1. The average Bonchev–Trinajstić information content (AvgIpc) is 2.35. The van der Waals surface area contributed by atoms with Crippen LogP contribution in [0.5, 0.6) is 5.75 Å². The van der Waals surface area contributed by atoms with Gasteiger partial charge in [-0.05, 0) is 50.5 Å². The van der Waals surface area contributed by atoms with Gasteiger partial charge in [0.1, 0.15) is 11.4 Å². The Kier molecular flexibility index (Phi) is 3.79. The summed E-state index contributed by atoms with van der Waals surface area (Å²) in [5, 5.41) is 0. The lowest BCUT2D eigenvalue weighted by Gasteiger charge is -2.31. The molecule has 0 aliphatic carbocycles. The second kappa shape index (κ2) is 5.23. The highest BCUT2D eigenvalue weighted by molar-refractivity contribution is 5.69. The van der Waals surface area contributed by atoms with Crippen molar-refractivity contribution in [2.75, 3.05) is 19.4 Å². The van der Waals surface area contributed by atoms with Crippen molar-refractivity contribution < 1.29 is 14.3 Å². The molecule has 0 unspecified atom stereocenters. The number of carbonyl (C=O) groups excluding carboxylic acids is 1. The molecule has 1 heterocycles. The van der Waals surface area contributed by atoms with Gasteiger partial charge >= 0.3 is 6.09 Å². The lowest BCUT2D eigenvalue weighted by Crippen LogP contribution is -2.39. The fourth-order valence-electron chi connectivity index (χ4n) is 2.26. The minimum absolute atomic E-state index is 0.279. The topological polar surface area (TPSA) is 64.8 Å². The number of nitrogens with zero attached hydrogens (tertiary/aromatic N) is 1. The van der Waals surface area contributed by atoms with Gasteiger partial charge < -0.3 is 20.1 Å². The zero-order valence-corrected chi connectivity index (χ0v) is 12.5. The lowest BCUT2D eigenvalue weighted by molar-refractivity contribution is 0.0224. The number of hydrogen-bond acceptors (Lipinski definition) is 4. The van der Waals surface area contributed by atoms with Gasteiger partial charge in [0.15, 0.2) is 0 Å². The minimum Gasteiger partial charge on any atom is -0.495 e. The molecule has 110 valence electrons. The Morgan fingerprint density at radius 1 is 1.30 bits per heavy atom. The van der Waals surface area contributed by atoms with E-state index in [1.165, 1.54) is 5.56 Å². The molecule has 0 spiro atoms. The maximum Gasteiger partial charge on any atom is 0.410 e. The van der Waals surface area contributed by atoms with E-state index < -0.39 is 5.60 Å². The van der Waals surface area contributed by atoms with Gasteiger partial charge in [-0.15, -0.1) is 0 Å².